The second kappa shape index (κ2) is 9.37. The van der Waals surface area contributed by atoms with Crippen molar-refractivity contribution < 1.29 is 35.9 Å². The summed E-state index contributed by atoms with van der Waals surface area (Å²) in [5.41, 5.74) is -4.33. The van der Waals surface area contributed by atoms with Crippen LogP contribution in [0, 0.1) is 0 Å². The van der Waals surface area contributed by atoms with E-state index in [1.165, 1.54) is 30.7 Å². The number of benzene rings is 2. The van der Waals surface area contributed by atoms with Gasteiger partial charge in [0.25, 0.3) is 0 Å². The molecule has 1 saturated heterocycles. The smallest absolute Gasteiger partial charge is 0.340 e. The molecule has 0 spiro atoms. The van der Waals surface area contributed by atoms with Gasteiger partial charge in [0, 0.05) is 26.1 Å². The van der Waals surface area contributed by atoms with Crippen LogP contribution in [0.4, 0.5) is 31.1 Å². The summed E-state index contributed by atoms with van der Waals surface area (Å²) >= 11 is 5.66. The van der Waals surface area contributed by atoms with E-state index in [2.05, 4.69) is 0 Å². The van der Waals surface area contributed by atoms with Crippen molar-refractivity contribution in [1.82, 2.24) is 9.80 Å². The first kappa shape index (κ1) is 26.8. The maximum absolute atomic E-state index is 13.6. The summed E-state index contributed by atoms with van der Waals surface area (Å²) in [5.74, 6) is -1.05. The number of rotatable bonds is 4. The van der Waals surface area contributed by atoms with E-state index in [0.717, 1.165) is 5.56 Å². The Bertz CT molecular complexity index is 1070. The molecule has 2 unspecified atom stereocenters. The Labute approximate surface area is 203 Å². The van der Waals surface area contributed by atoms with Gasteiger partial charge < -0.3 is 9.80 Å². The van der Waals surface area contributed by atoms with Crippen LogP contribution >= 0.6 is 11.6 Å². The van der Waals surface area contributed by atoms with Crippen LogP contribution in [0.2, 0.25) is 0 Å². The molecule has 2 amide bonds. The lowest BCUT2D eigenvalue weighted by Gasteiger charge is -2.36. The predicted molar refractivity (Wildman–Crippen MR) is 118 cm³/mol. The number of nitrogens with zero attached hydrogens (tertiary/aromatic N) is 2. The number of likely N-dealkylation sites (N-methyl/N-ethyl adjacent to an activating group) is 1. The second-order valence-electron chi connectivity index (χ2n) is 9.08. The maximum atomic E-state index is 13.6. The molecule has 0 radical (unpaired) electrons. The normalized spacial score (nSPS) is 19.1. The Balaban J connectivity index is 2.01. The van der Waals surface area contributed by atoms with Crippen molar-refractivity contribution in [3.05, 3.63) is 70.8 Å². The van der Waals surface area contributed by atoms with E-state index < -0.39 is 51.8 Å². The zero-order valence-electron chi connectivity index (χ0n) is 19.0. The van der Waals surface area contributed by atoms with Gasteiger partial charge in [0.2, 0.25) is 5.91 Å². The predicted octanol–water partition coefficient (Wildman–Crippen LogP) is 6.29. The number of likely N-dealkylation sites (tertiary alicyclic amines) is 1. The Hall–Kier alpha value is -2.75. The van der Waals surface area contributed by atoms with Gasteiger partial charge in [-0.3, -0.25) is 9.59 Å². The van der Waals surface area contributed by atoms with Crippen LogP contribution in [0.15, 0.2) is 48.5 Å². The maximum Gasteiger partial charge on any atom is 0.416 e. The Morgan fingerprint density at radius 3 is 1.83 bits per heavy atom. The molecule has 2 aromatic carbocycles. The lowest BCUT2D eigenvalue weighted by atomic mass is 9.80. The molecular formula is C24H23ClF6N2O2. The van der Waals surface area contributed by atoms with Crippen LogP contribution in [0.5, 0.6) is 0 Å². The van der Waals surface area contributed by atoms with Gasteiger partial charge in [-0.05, 0) is 54.8 Å². The fraction of sp³-hybridized carbons (Fsp3) is 0.417. The van der Waals surface area contributed by atoms with Crippen LogP contribution in [0.25, 0.3) is 0 Å². The quantitative estimate of drug-likeness (QED) is 0.270. The third-order valence-corrected chi connectivity index (χ3v) is 6.67. The number of carbonyl (C=O) groups is 2. The lowest BCUT2D eigenvalue weighted by Crippen LogP contribution is -2.49. The van der Waals surface area contributed by atoms with Crippen molar-refractivity contribution in [2.24, 2.45) is 0 Å². The summed E-state index contributed by atoms with van der Waals surface area (Å²) in [6, 6.07) is 9.55. The highest BCUT2D eigenvalue weighted by atomic mass is 35.5. The highest BCUT2D eigenvalue weighted by Gasteiger charge is 2.45. The first-order chi connectivity index (χ1) is 16.0. The molecule has 190 valence electrons. The van der Waals surface area contributed by atoms with Gasteiger partial charge in [-0.2, -0.15) is 26.3 Å². The van der Waals surface area contributed by atoms with Crippen molar-refractivity contribution in [3.8, 4) is 0 Å². The first-order valence-electron chi connectivity index (χ1n) is 10.6. The summed E-state index contributed by atoms with van der Waals surface area (Å²) in [5, 5.41) is -0.721. The molecular weight excluding hydrogens is 498 g/mol. The number of halogens is 7. The summed E-state index contributed by atoms with van der Waals surface area (Å²) in [6.45, 7) is 2.82. The average Bonchev–Trinajstić information content (AvgIpc) is 3.23. The van der Waals surface area contributed by atoms with Gasteiger partial charge in [0.05, 0.1) is 22.6 Å². The van der Waals surface area contributed by atoms with E-state index in [9.17, 15) is 35.9 Å². The summed E-state index contributed by atoms with van der Waals surface area (Å²) in [6.07, 6.45) is -10.1. The van der Waals surface area contributed by atoms with Crippen molar-refractivity contribution >= 4 is 22.9 Å². The zero-order valence-corrected chi connectivity index (χ0v) is 19.8. The Morgan fingerprint density at radius 2 is 1.37 bits per heavy atom. The lowest BCUT2D eigenvalue weighted by molar-refractivity contribution is -0.144. The van der Waals surface area contributed by atoms with Crippen LogP contribution in [-0.4, -0.2) is 47.3 Å². The van der Waals surface area contributed by atoms with E-state index in [0.29, 0.717) is 12.1 Å². The van der Waals surface area contributed by atoms with Gasteiger partial charge in [-0.15, -0.1) is 0 Å². The molecule has 0 aliphatic carbocycles. The molecule has 1 fully saturated rings. The van der Waals surface area contributed by atoms with E-state index in [-0.39, 0.29) is 25.1 Å². The zero-order chi connectivity index (χ0) is 26.3. The first-order valence-corrected chi connectivity index (χ1v) is 11.0. The van der Waals surface area contributed by atoms with E-state index in [1.807, 2.05) is 12.1 Å². The molecule has 4 nitrogen and oxygen atoms in total. The number of amides is 2. The summed E-state index contributed by atoms with van der Waals surface area (Å²) in [4.78, 5) is 28.0. The SMILES string of the molecule is CN(C(=O)C(C)(C)c1cc(C(F)(F)F)cc(C(F)(F)F)c1)C1CN(C(=O)Cl)CC1c1ccccc1. The minimum absolute atomic E-state index is 0.0279. The minimum Gasteiger partial charge on any atom is -0.340 e. The monoisotopic (exact) mass is 520 g/mol. The fourth-order valence-electron chi connectivity index (χ4n) is 4.38. The second-order valence-corrected chi connectivity index (χ2v) is 9.40. The molecule has 1 heterocycles. The van der Waals surface area contributed by atoms with Crippen LogP contribution < -0.4 is 0 Å². The van der Waals surface area contributed by atoms with E-state index in [4.69, 9.17) is 11.6 Å². The van der Waals surface area contributed by atoms with Crippen LogP contribution in [0.3, 0.4) is 0 Å². The minimum atomic E-state index is -5.04. The molecule has 1 aliphatic rings. The molecule has 0 aromatic heterocycles. The van der Waals surface area contributed by atoms with Gasteiger partial charge >= 0.3 is 17.7 Å². The fourth-order valence-corrected chi connectivity index (χ4v) is 4.52. The molecule has 2 atom stereocenters. The van der Waals surface area contributed by atoms with E-state index >= 15 is 0 Å². The number of hydrogen-bond donors (Lipinski definition) is 0. The standard InChI is InChI=1S/C24H23ClF6N2O2/c1-22(2,15-9-16(23(26,27)28)11-17(10-15)24(29,30)31)20(34)32(3)19-13-33(21(25)35)12-18(19)14-7-5-4-6-8-14/h4-11,18-19H,12-13H2,1-3H3. The van der Waals surface area contributed by atoms with Crippen molar-refractivity contribution in [3.63, 3.8) is 0 Å². The molecule has 11 heteroatoms. The molecule has 0 saturated carbocycles. The molecule has 1 aliphatic heterocycles. The Kier molecular flexibility index (Phi) is 7.19. The van der Waals surface area contributed by atoms with Gasteiger partial charge in [0.15, 0.2) is 0 Å². The average molecular weight is 521 g/mol. The van der Waals surface area contributed by atoms with Gasteiger partial charge in [0.1, 0.15) is 0 Å². The number of alkyl halides is 6. The van der Waals surface area contributed by atoms with Crippen molar-refractivity contribution in [2.75, 3.05) is 20.1 Å². The molecule has 2 aromatic rings. The van der Waals surface area contributed by atoms with Crippen LogP contribution in [0.1, 0.15) is 42.0 Å². The van der Waals surface area contributed by atoms with E-state index in [1.54, 1.807) is 18.2 Å². The molecule has 3 rings (SSSR count). The highest BCUT2D eigenvalue weighted by molar-refractivity contribution is 6.62. The van der Waals surface area contributed by atoms with Gasteiger partial charge in [-0.25, -0.2) is 0 Å². The number of hydrogen-bond acceptors (Lipinski definition) is 2. The van der Waals surface area contributed by atoms with Crippen molar-refractivity contribution in [1.29, 1.82) is 0 Å². The topological polar surface area (TPSA) is 40.6 Å². The summed E-state index contributed by atoms with van der Waals surface area (Å²) < 4.78 is 80.2. The molecule has 0 bridgehead atoms. The largest absolute Gasteiger partial charge is 0.416 e. The third kappa shape index (κ3) is 5.58. The van der Waals surface area contributed by atoms with Crippen molar-refractivity contribution in [2.45, 2.75) is 43.6 Å². The molecule has 35 heavy (non-hydrogen) atoms. The molecule has 0 N–H and O–H groups in total. The number of carbonyl (C=O) groups excluding carboxylic acids is 2. The van der Waals surface area contributed by atoms with Gasteiger partial charge in [-0.1, -0.05) is 30.3 Å². The summed E-state index contributed by atoms with van der Waals surface area (Å²) in [7, 11) is 1.42. The third-order valence-electron chi connectivity index (χ3n) is 6.43. The van der Waals surface area contributed by atoms with Crippen LogP contribution in [-0.2, 0) is 22.6 Å². The highest BCUT2D eigenvalue weighted by Crippen LogP contribution is 2.40. The Morgan fingerprint density at radius 1 is 0.886 bits per heavy atom.